The monoisotopic (exact) mass is 464 g/mol. The highest BCUT2D eigenvalue weighted by Gasteiger charge is 2.14. The summed E-state index contributed by atoms with van der Waals surface area (Å²) >= 11 is 30.0. The molecule has 0 saturated carbocycles. The third-order valence-corrected chi connectivity index (χ3v) is 4.74. The molecule has 2 aromatic carbocycles. The van der Waals surface area contributed by atoms with Crippen LogP contribution in [0.4, 0.5) is 0 Å². The fraction of sp³-hybridized carbons (Fsp3) is 0.0588. The molecule has 5 nitrogen and oxygen atoms in total. The van der Waals surface area contributed by atoms with E-state index >= 15 is 0 Å². The minimum Gasteiger partial charge on any atom is -0.469 e. The second kappa shape index (κ2) is 8.59. The van der Waals surface area contributed by atoms with E-state index in [0.29, 0.717) is 25.8 Å². The van der Waals surface area contributed by atoms with E-state index in [1.54, 1.807) is 24.3 Å². The molecule has 0 aliphatic heterocycles. The molecule has 0 atom stereocenters. The quantitative estimate of drug-likeness (QED) is 0.440. The van der Waals surface area contributed by atoms with E-state index in [1.807, 2.05) is 0 Å². The van der Waals surface area contributed by atoms with Crippen LogP contribution in [-0.4, -0.2) is 9.78 Å². The third-order valence-electron chi connectivity index (χ3n) is 3.30. The molecule has 0 bridgehead atoms. The number of nitrogens with zero attached hydrogens (tertiary/aromatic N) is 2. The predicted molar refractivity (Wildman–Crippen MR) is 107 cm³/mol. The van der Waals surface area contributed by atoms with Gasteiger partial charge in [0.15, 0.2) is 17.5 Å². The van der Waals surface area contributed by atoms with Gasteiger partial charge in [-0.3, -0.25) is 4.79 Å². The highest BCUT2D eigenvalue weighted by molar-refractivity contribution is 6.35. The Labute approximate surface area is 178 Å². The molecule has 27 heavy (non-hydrogen) atoms. The first kappa shape index (κ1) is 20.1. The Kier molecular flexibility index (Phi) is 6.40. The van der Waals surface area contributed by atoms with Gasteiger partial charge in [0.1, 0.15) is 11.5 Å². The lowest BCUT2D eigenvalue weighted by molar-refractivity contribution is 0.213. The number of benzene rings is 2. The van der Waals surface area contributed by atoms with Crippen LogP contribution >= 0.6 is 58.0 Å². The molecule has 1 heterocycles. The standard InChI is InChI=1S/C17H9Cl5N2O3/c18-9-1-3-11(20)13(5-9)26-8-24-17(25)16(22)15(7-23-24)27-14-6-10(19)2-4-12(14)21/h1-7H,8H2. The van der Waals surface area contributed by atoms with Crippen molar-refractivity contribution in [2.24, 2.45) is 0 Å². The molecule has 3 rings (SSSR count). The zero-order valence-corrected chi connectivity index (χ0v) is 17.0. The molecular formula is C17H9Cl5N2O3. The molecule has 0 unspecified atom stereocenters. The van der Waals surface area contributed by atoms with Crippen LogP contribution < -0.4 is 15.0 Å². The molecule has 3 aromatic rings. The average molecular weight is 467 g/mol. The first-order valence-corrected chi connectivity index (χ1v) is 9.20. The van der Waals surface area contributed by atoms with Crippen molar-refractivity contribution in [2.45, 2.75) is 6.73 Å². The normalized spacial score (nSPS) is 10.7. The third kappa shape index (κ3) is 4.81. The number of hydrogen-bond donors (Lipinski definition) is 0. The largest absolute Gasteiger partial charge is 0.469 e. The van der Waals surface area contributed by atoms with Gasteiger partial charge in [0.05, 0.1) is 16.2 Å². The van der Waals surface area contributed by atoms with E-state index < -0.39 is 5.56 Å². The van der Waals surface area contributed by atoms with Gasteiger partial charge in [-0.1, -0.05) is 58.0 Å². The van der Waals surface area contributed by atoms with Gasteiger partial charge in [-0.25, -0.2) is 0 Å². The smallest absolute Gasteiger partial charge is 0.292 e. The topological polar surface area (TPSA) is 53.3 Å². The van der Waals surface area contributed by atoms with Crippen LogP contribution in [0.2, 0.25) is 25.1 Å². The average Bonchev–Trinajstić information content (AvgIpc) is 2.64. The SMILES string of the molecule is O=c1c(Cl)c(Oc2cc(Cl)ccc2Cl)cnn1COc1cc(Cl)ccc1Cl. The summed E-state index contributed by atoms with van der Waals surface area (Å²) in [6, 6.07) is 9.38. The van der Waals surface area contributed by atoms with Crippen molar-refractivity contribution in [3.05, 3.63) is 78.1 Å². The summed E-state index contributed by atoms with van der Waals surface area (Å²) in [4.78, 5) is 12.4. The molecule has 0 aliphatic carbocycles. The minimum atomic E-state index is -0.620. The Morgan fingerprint density at radius 3 is 2.11 bits per heavy atom. The summed E-state index contributed by atoms with van der Waals surface area (Å²) in [6.45, 7) is -0.225. The zero-order valence-electron chi connectivity index (χ0n) is 13.3. The van der Waals surface area contributed by atoms with Crippen LogP contribution in [0.3, 0.4) is 0 Å². The molecule has 10 heteroatoms. The lowest BCUT2D eigenvalue weighted by Gasteiger charge is -2.12. The van der Waals surface area contributed by atoms with Crippen molar-refractivity contribution in [2.75, 3.05) is 0 Å². The maximum absolute atomic E-state index is 12.4. The molecule has 140 valence electrons. The molecule has 0 spiro atoms. The van der Waals surface area contributed by atoms with Crippen LogP contribution in [0, 0.1) is 0 Å². The van der Waals surface area contributed by atoms with Gasteiger partial charge in [-0.15, -0.1) is 0 Å². The van der Waals surface area contributed by atoms with Crippen molar-refractivity contribution in [1.82, 2.24) is 9.78 Å². The highest BCUT2D eigenvalue weighted by atomic mass is 35.5. The predicted octanol–water partition coefficient (Wildman–Crippen LogP) is 6.34. The Hall–Kier alpha value is -1.63. The Balaban J connectivity index is 1.81. The van der Waals surface area contributed by atoms with Gasteiger partial charge in [-0.05, 0) is 24.3 Å². The Bertz CT molecular complexity index is 1060. The second-order valence-corrected chi connectivity index (χ2v) is 7.22. The number of ether oxygens (including phenoxy) is 2. The lowest BCUT2D eigenvalue weighted by Crippen LogP contribution is -2.25. The first-order valence-electron chi connectivity index (χ1n) is 7.31. The molecule has 0 aliphatic rings. The number of halogens is 5. The van der Waals surface area contributed by atoms with E-state index in [0.717, 1.165) is 4.68 Å². The number of hydrogen-bond acceptors (Lipinski definition) is 4. The molecule has 1 aromatic heterocycles. The van der Waals surface area contributed by atoms with Crippen molar-refractivity contribution < 1.29 is 9.47 Å². The van der Waals surface area contributed by atoms with Crippen LogP contribution in [0.1, 0.15) is 0 Å². The maximum Gasteiger partial charge on any atom is 0.292 e. The van der Waals surface area contributed by atoms with Gasteiger partial charge in [-0.2, -0.15) is 9.78 Å². The summed E-state index contributed by atoms with van der Waals surface area (Å²) in [6.07, 6.45) is 1.27. The fourth-order valence-corrected chi connectivity index (χ4v) is 2.84. The zero-order chi connectivity index (χ0) is 19.6. The van der Waals surface area contributed by atoms with Gasteiger partial charge in [0.25, 0.3) is 5.56 Å². The number of aromatic nitrogens is 2. The van der Waals surface area contributed by atoms with E-state index in [2.05, 4.69) is 5.10 Å². The van der Waals surface area contributed by atoms with Crippen LogP contribution in [0.15, 0.2) is 47.4 Å². The fourth-order valence-electron chi connectivity index (χ4n) is 2.01. The molecule has 0 radical (unpaired) electrons. The molecular weight excluding hydrogens is 457 g/mol. The lowest BCUT2D eigenvalue weighted by atomic mass is 10.3. The van der Waals surface area contributed by atoms with E-state index in [9.17, 15) is 4.79 Å². The van der Waals surface area contributed by atoms with E-state index in [1.165, 1.54) is 18.3 Å². The summed E-state index contributed by atoms with van der Waals surface area (Å²) in [7, 11) is 0. The second-order valence-electron chi connectivity index (χ2n) is 5.15. The van der Waals surface area contributed by atoms with Crippen LogP contribution in [0.25, 0.3) is 0 Å². The molecule has 0 N–H and O–H groups in total. The summed E-state index contributed by atoms with van der Waals surface area (Å²) in [5.41, 5.74) is -0.620. The first-order chi connectivity index (χ1) is 12.8. The van der Waals surface area contributed by atoms with E-state index in [-0.39, 0.29) is 23.3 Å². The van der Waals surface area contributed by atoms with E-state index in [4.69, 9.17) is 67.5 Å². The highest BCUT2D eigenvalue weighted by Crippen LogP contribution is 2.33. The Morgan fingerprint density at radius 2 is 1.44 bits per heavy atom. The van der Waals surface area contributed by atoms with Gasteiger partial charge in [0, 0.05) is 22.2 Å². The minimum absolute atomic E-state index is 0.0304. The molecule has 0 fully saturated rings. The summed E-state index contributed by atoms with van der Waals surface area (Å²) in [5.74, 6) is 0.579. The van der Waals surface area contributed by atoms with Gasteiger partial charge < -0.3 is 9.47 Å². The van der Waals surface area contributed by atoms with Crippen LogP contribution in [-0.2, 0) is 6.73 Å². The maximum atomic E-state index is 12.4. The summed E-state index contributed by atoms with van der Waals surface area (Å²) < 4.78 is 12.0. The van der Waals surface area contributed by atoms with Crippen molar-refractivity contribution >= 4 is 58.0 Å². The van der Waals surface area contributed by atoms with Crippen molar-refractivity contribution in [3.63, 3.8) is 0 Å². The number of rotatable bonds is 5. The van der Waals surface area contributed by atoms with Gasteiger partial charge in [0.2, 0.25) is 0 Å². The van der Waals surface area contributed by atoms with Crippen molar-refractivity contribution in [3.8, 4) is 17.2 Å². The van der Waals surface area contributed by atoms with Crippen molar-refractivity contribution in [1.29, 1.82) is 0 Å². The Morgan fingerprint density at radius 1 is 0.852 bits per heavy atom. The molecule has 0 saturated heterocycles. The molecule has 0 amide bonds. The summed E-state index contributed by atoms with van der Waals surface area (Å²) in [5, 5.41) is 5.28. The van der Waals surface area contributed by atoms with Gasteiger partial charge >= 0.3 is 0 Å². The van der Waals surface area contributed by atoms with Crippen LogP contribution in [0.5, 0.6) is 17.2 Å².